The molecule has 0 radical (unpaired) electrons. The number of aryl methyl sites for hydroxylation is 1. The molecule has 0 bridgehead atoms. The topological polar surface area (TPSA) is 57.8 Å². The van der Waals surface area contributed by atoms with E-state index in [1.54, 1.807) is 0 Å². The molecule has 0 aliphatic carbocycles. The smallest absolute Gasteiger partial charge is 0.136 e. The summed E-state index contributed by atoms with van der Waals surface area (Å²) in [5.74, 6) is 1.26. The third kappa shape index (κ3) is 2.04. The van der Waals surface area contributed by atoms with Gasteiger partial charge >= 0.3 is 0 Å². The van der Waals surface area contributed by atoms with E-state index in [0.717, 1.165) is 22.4 Å². The van der Waals surface area contributed by atoms with Crippen LogP contribution >= 0.6 is 0 Å². The summed E-state index contributed by atoms with van der Waals surface area (Å²) in [6.07, 6.45) is 1.23. The number of carbonyl (C=O) groups excluding carboxylic acids is 1. The fourth-order valence-corrected chi connectivity index (χ4v) is 2.70. The zero-order valence-corrected chi connectivity index (χ0v) is 10.7. The van der Waals surface area contributed by atoms with E-state index in [-0.39, 0.29) is 12.1 Å². The van der Waals surface area contributed by atoms with Crippen LogP contribution in [0.25, 0.3) is 11.0 Å². The Morgan fingerprint density at radius 3 is 2.94 bits per heavy atom. The molecule has 2 heterocycles. The van der Waals surface area contributed by atoms with Gasteiger partial charge in [-0.25, -0.2) is 4.98 Å². The molecule has 3 rings (SSSR count). The number of fused-ring (bicyclic) bond motifs is 1. The summed E-state index contributed by atoms with van der Waals surface area (Å²) >= 11 is 0. The van der Waals surface area contributed by atoms with Gasteiger partial charge in [0.05, 0.1) is 11.0 Å². The minimum atomic E-state index is 0.134. The molecule has 2 unspecified atom stereocenters. The molecule has 0 spiro atoms. The highest BCUT2D eigenvalue weighted by molar-refractivity contribution is 5.81. The molecule has 2 N–H and O–H groups in total. The Balaban J connectivity index is 1.95. The zero-order valence-electron chi connectivity index (χ0n) is 10.7. The van der Waals surface area contributed by atoms with Crippen molar-refractivity contribution in [1.29, 1.82) is 0 Å². The zero-order chi connectivity index (χ0) is 12.7. The lowest BCUT2D eigenvalue weighted by atomic mass is 9.93. The molecule has 0 saturated carbocycles. The van der Waals surface area contributed by atoms with Gasteiger partial charge in [-0.2, -0.15) is 0 Å². The van der Waals surface area contributed by atoms with E-state index >= 15 is 0 Å². The second kappa shape index (κ2) is 4.21. The fourth-order valence-electron chi connectivity index (χ4n) is 2.70. The van der Waals surface area contributed by atoms with Crippen LogP contribution in [0.4, 0.5) is 0 Å². The number of nitrogens with zero attached hydrogens (tertiary/aromatic N) is 1. The number of piperidine rings is 1. The van der Waals surface area contributed by atoms with Crippen LogP contribution in [-0.4, -0.2) is 21.8 Å². The number of aromatic amines is 1. The summed E-state index contributed by atoms with van der Waals surface area (Å²) in [5.41, 5.74) is 3.18. The molecule has 1 aliphatic rings. The summed E-state index contributed by atoms with van der Waals surface area (Å²) in [6, 6.07) is 6.56. The lowest BCUT2D eigenvalue weighted by molar-refractivity contribution is -0.121. The normalized spacial score (nSPS) is 24.7. The van der Waals surface area contributed by atoms with Gasteiger partial charge in [0.25, 0.3) is 0 Å². The van der Waals surface area contributed by atoms with Gasteiger partial charge in [0.15, 0.2) is 0 Å². The number of imidazole rings is 1. The highest BCUT2D eigenvalue weighted by Gasteiger charge is 2.25. The minimum absolute atomic E-state index is 0.134. The molecule has 94 valence electrons. The van der Waals surface area contributed by atoms with E-state index in [4.69, 9.17) is 0 Å². The van der Waals surface area contributed by atoms with Crippen LogP contribution in [0.1, 0.15) is 37.2 Å². The average Bonchev–Trinajstić information content (AvgIpc) is 2.66. The molecule has 1 aromatic heterocycles. The van der Waals surface area contributed by atoms with Crippen LogP contribution in [0.3, 0.4) is 0 Å². The van der Waals surface area contributed by atoms with Crippen LogP contribution in [0.2, 0.25) is 0 Å². The number of H-pyrrole nitrogens is 1. The van der Waals surface area contributed by atoms with Crippen LogP contribution in [0.5, 0.6) is 0 Å². The minimum Gasteiger partial charge on any atom is -0.342 e. The van der Waals surface area contributed by atoms with Gasteiger partial charge in [0.1, 0.15) is 11.6 Å². The van der Waals surface area contributed by atoms with Crippen molar-refractivity contribution in [2.75, 3.05) is 0 Å². The van der Waals surface area contributed by atoms with Crippen LogP contribution in [0, 0.1) is 6.92 Å². The van der Waals surface area contributed by atoms with Crippen LogP contribution < -0.4 is 5.32 Å². The average molecular weight is 243 g/mol. The number of hydrogen-bond acceptors (Lipinski definition) is 3. The highest BCUT2D eigenvalue weighted by Crippen LogP contribution is 2.25. The maximum absolute atomic E-state index is 11.7. The molecule has 1 aromatic carbocycles. The van der Waals surface area contributed by atoms with E-state index in [1.807, 2.05) is 13.0 Å². The second-order valence-electron chi connectivity index (χ2n) is 5.17. The standard InChI is InChI=1S/C14H17N3O/c1-8-5-11(18)7-13(15-8)10-3-4-12-14(6-10)17-9(2)16-12/h3-4,6,8,13,15H,5,7H2,1-2H3,(H,16,17). The van der Waals surface area contributed by atoms with Crippen molar-refractivity contribution in [3.8, 4) is 0 Å². The molecular weight excluding hydrogens is 226 g/mol. The van der Waals surface area contributed by atoms with Crippen molar-refractivity contribution >= 4 is 16.8 Å². The maximum Gasteiger partial charge on any atom is 0.136 e. The van der Waals surface area contributed by atoms with Crippen molar-refractivity contribution in [3.63, 3.8) is 0 Å². The van der Waals surface area contributed by atoms with Gasteiger partial charge < -0.3 is 10.3 Å². The predicted molar refractivity (Wildman–Crippen MR) is 70.4 cm³/mol. The fraction of sp³-hybridized carbons (Fsp3) is 0.429. The van der Waals surface area contributed by atoms with Gasteiger partial charge in [-0.05, 0) is 31.5 Å². The van der Waals surface area contributed by atoms with Crippen LogP contribution in [-0.2, 0) is 4.79 Å². The lowest BCUT2D eigenvalue weighted by Crippen LogP contribution is -2.38. The summed E-state index contributed by atoms with van der Waals surface area (Å²) in [5, 5.41) is 3.48. The van der Waals surface area contributed by atoms with Gasteiger partial charge in [0, 0.05) is 24.9 Å². The van der Waals surface area contributed by atoms with Gasteiger partial charge in [-0.1, -0.05) is 6.07 Å². The van der Waals surface area contributed by atoms with E-state index in [9.17, 15) is 4.79 Å². The van der Waals surface area contributed by atoms with Crippen LogP contribution in [0.15, 0.2) is 18.2 Å². The molecule has 1 saturated heterocycles. The lowest BCUT2D eigenvalue weighted by Gasteiger charge is -2.28. The number of ketones is 1. The van der Waals surface area contributed by atoms with Gasteiger partial charge in [0.2, 0.25) is 0 Å². The first kappa shape index (κ1) is 11.4. The first-order chi connectivity index (χ1) is 8.61. The molecule has 1 fully saturated rings. The van der Waals surface area contributed by atoms with Crippen molar-refractivity contribution in [2.24, 2.45) is 0 Å². The number of carbonyl (C=O) groups is 1. The molecule has 0 amide bonds. The Bertz CT molecular complexity index is 602. The van der Waals surface area contributed by atoms with Crippen molar-refractivity contribution in [1.82, 2.24) is 15.3 Å². The molecule has 4 nitrogen and oxygen atoms in total. The SMILES string of the molecule is Cc1nc2ccc(C3CC(=O)CC(C)N3)cc2[nH]1. The number of hydrogen-bond donors (Lipinski definition) is 2. The third-order valence-corrected chi connectivity index (χ3v) is 3.48. The van der Waals surface area contributed by atoms with E-state index < -0.39 is 0 Å². The predicted octanol–water partition coefficient (Wildman–Crippen LogP) is 2.25. The third-order valence-electron chi connectivity index (χ3n) is 3.48. The Morgan fingerprint density at radius 2 is 2.17 bits per heavy atom. The molecular formula is C14H17N3O. The Labute approximate surface area is 106 Å². The number of Topliss-reactive ketones (excluding diaryl/α,β-unsaturated/α-hetero) is 1. The van der Waals surface area contributed by atoms with Gasteiger partial charge in [-0.3, -0.25) is 4.79 Å². The Hall–Kier alpha value is -1.68. The summed E-state index contributed by atoms with van der Waals surface area (Å²) in [6.45, 7) is 4.01. The second-order valence-corrected chi connectivity index (χ2v) is 5.17. The molecule has 2 atom stereocenters. The van der Waals surface area contributed by atoms with Crippen molar-refractivity contribution in [2.45, 2.75) is 38.8 Å². The monoisotopic (exact) mass is 243 g/mol. The first-order valence-electron chi connectivity index (χ1n) is 6.36. The Morgan fingerprint density at radius 1 is 1.33 bits per heavy atom. The highest BCUT2D eigenvalue weighted by atomic mass is 16.1. The first-order valence-corrected chi connectivity index (χ1v) is 6.36. The summed E-state index contributed by atoms with van der Waals surface area (Å²) in [7, 11) is 0. The molecule has 18 heavy (non-hydrogen) atoms. The van der Waals surface area contributed by atoms with Gasteiger partial charge in [-0.15, -0.1) is 0 Å². The van der Waals surface area contributed by atoms with E-state index in [1.165, 1.54) is 0 Å². The van der Waals surface area contributed by atoms with Crippen molar-refractivity contribution < 1.29 is 4.79 Å². The summed E-state index contributed by atoms with van der Waals surface area (Å²) < 4.78 is 0. The molecule has 4 heteroatoms. The maximum atomic E-state index is 11.7. The number of nitrogens with one attached hydrogen (secondary N) is 2. The van der Waals surface area contributed by atoms with E-state index in [2.05, 4.69) is 34.3 Å². The largest absolute Gasteiger partial charge is 0.342 e. The molecule has 2 aromatic rings. The number of rotatable bonds is 1. The van der Waals surface area contributed by atoms with E-state index in [0.29, 0.717) is 18.6 Å². The summed E-state index contributed by atoms with van der Waals surface area (Å²) in [4.78, 5) is 19.3. The number of aromatic nitrogens is 2. The number of benzene rings is 1. The Kier molecular flexibility index (Phi) is 2.67. The quantitative estimate of drug-likeness (QED) is 0.807. The van der Waals surface area contributed by atoms with Crippen molar-refractivity contribution in [3.05, 3.63) is 29.6 Å². The molecule has 1 aliphatic heterocycles.